The summed E-state index contributed by atoms with van der Waals surface area (Å²) in [5, 5.41) is 14.0. The van der Waals surface area contributed by atoms with Crippen molar-refractivity contribution in [3.8, 4) is 0 Å². The van der Waals surface area contributed by atoms with Crippen molar-refractivity contribution >= 4 is 34.9 Å². The first kappa shape index (κ1) is 12.4. The Hall–Kier alpha value is -1.01. The Morgan fingerprint density at radius 1 is 1.47 bits per heavy atom. The molecule has 1 N–H and O–H groups in total. The molecular formula is C10H12ClN3O2S. The van der Waals surface area contributed by atoms with Crippen LogP contribution in [0.2, 0.25) is 5.15 Å². The lowest BCUT2D eigenvalue weighted by Gasteiger charge is -2.22. The summed E-state index contributed by atoms with van der Waals surface area (Å²) in [6, 6.07) is 3.01. The quantitative estimate of drug-likeness (QED) is 0.521. The number of nitrogens with zero attached hydrogens (tertiary/aromatic N) is 2. The first-order chi connectivity index (χ1) is 8.15. The molecule has 7 heteroatoms. The fourth-order valence-corrected chi connectivity index (χ4v) is 3.02. The monoisotopic (exact) mass is 273 g/mol. The molecule has 1 fully saturated rings. The maximum atomic E-state index is 10.7. The number of thioether (sulfide) groups is 1. The van der Waals surface area contributed by atoms with E-state index in [4.69, 9.17) is 11.6 Å². The maximum Gasteiger partial charge on any atom is 0.276 e. The Labute approximate surface area is 108 Å². The SMILES string of the molecule is O=[N+]([O-])c1cc(Cl)nc(NC2CCSCC2)c1. The molecule has 0 aliphatic carbocycles. The molecule has 92 valence electrons. The van der Waals surface area contributed by atoms with Gasteiger partial charge in [0.15, 0.2) is 0 Å². The normalized spacial score (nSPS) is 16.8. The molecule has 0 bridgehead atoms. The minimum Gasteiger partial charge on any atom is -0.367 e. The Morgan fingerprint density at radius 2 is 2.18 bits per heavy atom. The molecule has 0 aromatic carbocycles. The van der Waals surface area contributed by atoms with E-state index in [9.17, 15) is 10.1 Å². The Balaban J connectivity index is 2.11. The Morgan fingerprint density at radius 3 is 2.82 bits per heavy atom. The van der Waals surface area contributed by atoms with Crippen LogP contribution >= 0.6 is 23.4 Å². The molecule has 0 saturated carbocycles. The van der Waals surface area contributed by atoms with Gasteiger partial charge in [0, 0.05) is 6.04 Å². The lowest BCUT2D eigenvalue weighted by Crippen LogP contribution is -2.25. The first-order valence-electron chi connectivity index (χ1n) is 5.31. The Kier molecular flexibility index (Phi) is 4.06. The van der Waals surface area contributed by atoms with Gasteiger partial charge in [-0.3, -0.25) is 10.1 Å². The van der Waals surface area contributed by atoms with Gasteiger partial charge in [0.2, 0.25) is 0 Å². The summed E-state index contributed by atoms with van der Waals surface area (Å²) in [5.74, 6) is 2.71. The van der Waals surface area contributed by atoms with Crippen LogP contribution in [-0.2, 0) is 0 Å². The summed E-state index contributed by atoms with van der Waals surface area (Å²) in [7, 11) is 0. The number of aromatic nitrogens is 1. The molecule has 0 radical (unpaired) electrons. The fraction of sp³-hybridized carbons (Fsp3) is 0.500. The highest BCUT2D eigenvalue weighted by molar-refractivity contribution is 7.99. The fourth-order valence-electron chi connectivity index (χ4n) is 1.71. The number of hydrogen-bond acceptors (Lipinski definition) is 5. The van der Waals surface area contributed by atoms with Gasteiger partial charge in [0.05, 0.1) is 17.1 Å². The summed E-state index contributed by atoms with van der Waals surface area (Å²) in [4.78, 5) is 14.3. The summed E-state index contributed by atoms with van der Waals surface area (Å²) in [6.07, 6.45) is 2.10. The minimum absolute atomic E-state index is 0.0299. The molecule has 1 aliphatic heterocycles. The molecule has 17 heavy (non-hydrogen) atoms. The van der Waals surface area contributed by atoms with Crippen molar-refractivity contribution in [3.63, 3.8) is 0 Å². The number of nitrogens with one attached hydrogen (secondary N) is 1. The van der Waals surface area contributed by atoms with E-state index in [1.54, 1.807) is 0 Å². The lowest BCUT2D eigenvalue weighted by molar-refractivity contribution is -0.384. The first-order valence-corrected chi connectivity index (χ1v) is 6.84. The van der Waals surface area contributed by atoms with Crippen LogP contribution in [0.4, 0.5) is 11.5 Å². The van der Waals surface area contributed by atoms with E-state index in [1.807, 2.05) is 11.8 Å². The van der Waals surface area contributed by atoms with Crippen molar-refractivity contribution < 1.29 is 4.92 Å². The number of nitro groups is 1. The van der Waals surface area contributed by atoms with Crippen LogP contribution in [0.15, 0.2) is 12.1 Å². The van der Waals surface area contributed by atoms with Crippen LogP contribution in [0.3, 0.4) is 0 Å². The molecular weight excluding hydrogens is 262 g/mol. The average Bonchev–Trinajstić information content (AvgIpc) is 2.29. The van der Waals surface area contributed by atoms with Crippen LogP contribution in [0, 0.1) is 10.1 Å². The van der Waals surface area contributed by atoms with Gasteiger partial charge in [0.25, 0.3) is 5.69 Å². The van der Waals surface area contributed by atoms with Crippen molar-refractivity contribution in [2.45, 2.75) is 18.9 Å². The molecule has 1 aromatic rings. The highest BCUT2D eigenvalue weighted by atomic mass is 35.5. The second-order valence-electron chi connectivity index (χ2n) is 3.82. The van der Waals surface area contributed by atoms with E-state index in [-0.39, 0.29) is 10.8 Å². The number of halogens is 1. The molecule has 0 unspecified atom stereocenters. The van der Waals surface area contributed by atoms with Gasteiger partial charge in [-0.1, -0.05) is 11.6 Å². The van der Waals surface area contributed by atoms with E-state index >= 15 is 0 Å². The van der Waals surface area contributed by atoms with E-state index in [0.717, 1.165) is 24.3 Å². The topological polar surface area (TPSA) is 68.1 Å². The molecule has 1 saturated heterocycles. The number of hydrogen-bond donors (Lipinski definition) is 1. The number of anilines is 1. The van der Waals surface area contributed by atoms with Crippen LogP contribution in [-0.4, -0.2) is 27.5 Å². The van der Waals surface area contributed by atoms with Gasteiger partial charge in [-0.15, -0.1) is 0 Å². The average molecular weight is 274 g/mol. The van der Waals surface area contributed by atoms with E-state index in [0.29, 0.717) is 11.9 Å². The van der Waals surface area contributed by atoms with E-state index in [1.165, 1.54) is 12.1 Å². The predicted octanol–water partition coefficient (Wildman–Crippen LogP) is 2.95. The van der Waals surface area contributed by atoms with Gasteiger partial charge in [-0.05, 0) is 24.3 Å². The molecule has 0 atom stereocenters. The zero-order valence-electron chi connectivity index (χ0n) is 9.06. The molecule has 0 spiro atoms. The summed E-state index contributed by atoms with van der Waals surface area (Å²) >= 11 is 7.68. The third kappa shape index (κ3) is 3.47. The lowest BCUT2D eigenvalue weighted by atomic mass is 10.1. The third-order valence-electron chi connectivity index (χ3n) is 2.56. The summed E-state index contributed by atoms with van der Waals surface area (Å²) in [6.45, 7) is 0. The smallest absolute Gasteiger partial charge is 0.276 e. The second kappa shape index (κ2) is 5.55. The van der Waals surface area contributed by atoms with Gasteiger partial charge in [0.1, 0.15) is 11.0 Å². The van der Waals surface area contributed by atoms with Crippen molar-refractivity contribution in [3.05, 3.63) is 27.4 Å². The van der Waals surface area contributed by atoms with E-state index < -0.39 is 4.92 Å². The van der Waals surface area contributed by atoms with Crippen LogP contribution in [0.25, 0.3) is 0 Å². The van der Waals surface area contributed by atoms with Gasteiger partial charge >= 0.3 is 0 Å². The largest absolute Gasteiger partial charge is 0.367 e. The summed E-state index contributed by atoms with van der Waals surface area (Å²) in [5.41, 5.74) is -0.0299. The standard InChI is InChI=1S/C10H12ClN3O2S/c11-9-5-8(14(15)16)6-10(13-9)12-7-1-3-17-4-2-7/h5-7H,1-4H2,(H,12,13). The van der Waals surface area contributed by atoms with Crippen LogP contribution in [0.1, 0.15) is 12.8 Å². The zero-order valence-corrected chi connectivity index (χ0v) is 10.6. The maximum absolute atomic E-state index is 10.7. The van der Waals surface area contributed by atoms with Crippen LogP contribution < -0.4 is 5.32 Å². The third-order valence-corrected chi connectivity index (χ3v) is 3.81. The highest BCUT2D eigenvalue weighted by Crippen LogP contribution is 2.24. The zero-order chi connectivity index (χ0) is 12.3. The number of pyridine rings is 1. The van der Waals surface area contributed by atoms with Crippen molar-refractivity contribution in [1.82, 2.24) is 4.98 Å². The van der Waals surface area contributed by atoms with Crippen molar-refractivity contribution in [2.24, 2.45) is 0 Å². The molecule has 1 aromatic heterocycles. The second-order valence-corrected chi connectivity index (χ2v) is 5.43. The highest BCUT2D eigenvalue weighted by Gasteiger charge is 2.16. The predicted molar refractivity (Wildman–Crippen MR) is 69.9 cm³/mol. The molecule has 0 amide bonds. The van der Waals surface area contributed by atoms with Gasteiger partial charge < -0.3 is 5.32 Å². The molecule has 2 rings (SSSR count). The van der Waals surface area contributed by atoms with Crippen molar-refractivity contribution in [1.29, 1.82) is 0 Å². The van der Waals surface area contributed by atoms with Crippen molar-refractivity contribution in [2.75, 3.05) is 16.8 Å². The number of rotatable bonds is 3. The van der Waals surface area contributed by atoms with Crippen LogP contribution in [0.5, 0.6) is 0 Å². The van der Waals surface area contributed by atoms with Gasteiger partial charge in [-0.2, -0.15) is 11.8 Å². The Bertz CT molecular complexity index is 424. The molecule has 2 heterocycles. The molecule has 5 nitrogen and oxygen atoms in total. The van der Waals surface area contributed by atoms with Gasteiger partial charge in [-0.25, -0.2) is 4.98 Å². The molecule has 1 aliphatic rings. The van der Waals surface area contributed by atoms with E-state index in [2.05, 4.69) is 10.3 Å². The summed E-state index contributed by atoms with van der Waals surface area (Å²) < 4.78 is 0. The minimum atomic E-state index is -0.463.